The number of aliphatic hydroxyl groups is 1. The van der Waals surface area contributed by atoms with Crippen LogP contribution >= 0.6 is 0 Å². The van der Waals surface area contributed by atoms with Crippen LogP contribution in [0.1, 0.15) is 26.3 Å². The number of anilines is 1. The van der Waals surface area contributed by atoms with E-state index in [1.165, 1.54) is 30.3 Å². The van der Waals surface area contributed by atoms with Crippen LogP contribution in [0.3, 0.4) is 0 Å². The third-order valence-corrected chi connectivity index (χ3v) is 6.07. The van der Waals surface area contributed by atoms with E-state index in [1.807, 2.05) is 26.8 Å². The molecule has 2 aromatic carbocycles. The minimum absolute atomic E-state index is 0.0280. The Labute approximate surface area is 210 Å². The predicted octanol–water partition coefficient (Wildman–Crippen LogP) is 7.52. The molecule has 202 valence electrons. The molecule has 0 spiro atoms. The number of hydrogen-bond acceptors (Lipinski definition) is 3. The first-order valence-electron chi connectivity index (χ1n) is 11.5. The summed E-state index contributed by atoms with van der Waals surface area (Å²) in [5.74, 6) is -1.20. The second-order valence-corrected chi connectivity index (χ2v) is 9.96. The van der Waals surface area contributed by atoms with Gasteiger partial charge in [-0.25, -0.2) is 4.39 Å². The first-order valence-corrected chi connectivity index (χ1v) is 11.5. The van der Waals surface area contributed by atoms with Gasteiger partial charge in [0.15, 0.2) is 6.10 Å². The van der Waals surface area contributed by atoms with Crippen molar-refractivity contribution in [3.05, 3.63) is 78.4 Å². The van der Waals surface area contributed by atoms with Crippen molar-refractivity contribution in [1.29, 1.82) is 0 Å². The predicted molar refractivity (Wildman–Crippen MR) is 128 cm³/mol. The second-order valence-electron chi connectivity index (χ2n) is 9.96. The number of hydrogen-bond donors (Lipinski definition) is 1. The maximum absolute atomic E-state index is 15.1. The fourth-order valence-corrected chi connectivity index (χ4v) is 3.90. The van der Waals surface area contributed by atoms with Gasteiger partial charge in [0.1, 0.15) is 11.5 Å². The lowest BCUT2D eigenvalue weighted by Gasteiger charge is -2.37. The molecule has 3 nitrogen and oxygen atoms in total. The summed E-state index contributed by atoms with van der Waals surface area (Å²) in [5, 5.41) is 9.70. The molecule has 0 amide bonds. The number of allylic oxidation sites excluding steroid dienone is 3. The van der Waals surface area contributed by atoms with Crippen LogP contribution in [-0.2, 0) is 5.41 Å². The number of nitrogens with zero attached hydrogens (tertiary/aromatic N) is 1. The van der Waals surface area contributed by atoms with Crippen molar-refractivity contribution in [2.75, 3.05) is 18.0 Å². The second kappa shape index (κ2) is 10.4. The smallest absolute Gasteiger partial charge is 0.426 e. The van der Waals surface area contributed by atoms with Gasteiger partial charge in [-0.05, 0) is 41.3 Å². The lowest BCUT2D eigenvalue weighted by atomic mass is 9.84. The van der Waals surface area contributed by atoms with E-state index in [2.05, 4.69) is 0 Å². The monoisotopic (exact) mass is 531 g/mol. The number of rotatable bonds is 7. The Morgan fingerprint density at radius 1 is 0.946 bits per heavy atom. The lowest BCUT2D eigenvalue weighted by Crippen LogP contribution is -2.51. The zero-order valence-electron chi connectivity index (χ0n) is 20.4. The molecule has 0 heterocycles. The first-order chi connectivity index (χ1) is 17.0. The van der Waals surface area contributed by atoms with Gasteiger partial charge >= 0.3 is 12.4 Å². The Morgan fingerprint density at radius 3 is 2.16 bits per heavy atom. The Morgan fingerprint density at radius 2 is 1.57 bits per heavy atom. The van der Waals surface area contributed by atoms with E-state index in [0.717, 1.165) is 22.6 Å². The molecule has 37 heavy (non-hydrogen) atoms. The third-order valence-electron chi connectivity index (χ3n) is 6.07. The highest BCUT2D eigenvalue weighted by Crippen LogP contribution is 2.44. The van der Waals surface area contributed by atoms with Crippen LogP contribution in [0, 0.1) is 5.92 Å². The van der Waals surface area contributed by atoms with Gasteiger partial charge in [0.05, 0.1) is 6.54 Å². The van der Waals surface area contributed by atoms with Crippen LogP contribution in [-0.4, -0.2) is 42.3 Å². The maximum Gasteiger partial charge on any atom is 0.426 e. The van der Waals surface area contributed by atoms with Crippen molar-refractivity contribution in [2.45, 2.75) is 50.3 Å². The average Bonchev–Trinajstić information content (AvgIpc) is 2.78. The number of aliphatic hydroxyl groups excluding tert-OH is 1. The molecule has 0 saturated heterocycles. The van der Waals surface area contributed by atoms with Crippen molar-refractivity contribution in [1.82, 2.24) is 0 Å². The SMILES string of the molecule is CC(C)(C)c1cccc(Oc2cccc(N(CC3C=CC=CC3(F)C(F)(F)F)C[C@@H](O)C(F)(F)F)c2)c1. The summed E-state index contributed by atoms with van der Waals surface area (Å²) in [6.45, 7) is 4.15. The van der Waals surface area contributed by atoms with E-state index < -0.39 is 43.1 Å². The molecular formula is C27H28F7NO2. The molecule has 0 saturated carbocycles. The van der Waals surface area contributed by atoms with Gasteiger partial charge in [0.2, 0.25) is 5.67 Å². The van der Waals surface area contributed by atoms with E-state index in [0.29, 0.717) is 11.8 Å². The van der Waals surface area contributed by atoms with Crippen molar-refractivity contribution in [3.8, 4) is 11.5 Å². The highest BCUT2D eigenvalue weighted by molar-refractivity contribution is 5.52. The van der Waals surface area contributed by atoms with Crippen molar-refractivity contribution < 1.29 is 40.6 Å². The zero-order chi connectivity index (χ0) is 27.6. The fourth-order valence-electron chi connectivity index (χ4n) is 3.90. The molecule has 1 N–H and O–H groups in total. The summed E-state index contributed by atoms with van der Waals surface area (Å²) < 4.78 is 101. The molecule has 0 aliphatic heterocycles. The van der Waals surface area contributed by atoms with Crippen LogP contribution in [0.25, 0.3) is 0 Å². The number of halogens is 7. The Balaban J connectivity index is 1.94. The molecule has 2 aromatic rings. The maximum atomic E-state index is 15.1. The van der Waals surface area contributed by atoms with Gasteiger partial charge in [-0.3, -0.25) is 0 Å². The zero-order valence-corrected chi connectivity index (χ0v) is 20.4. The minimum atomic E-state index is -5.30. The van der Waals surface area contributed by atoms with Crippen molar-refractivity contribution in [2.24, 2.45) is 5.92 Å². The highest BCUT2D eigenvalue weighted by Gasteiger charge is 2.59. The van der Waals surface area contributed by atoms with Crippen LogP contribution in [0.4, 0.5) is 36.4 Å². The van der Waals surface area contributed by atoms with Gasteiger partial charge in [0.25, 0.3) is 0 Å². The summed E-state index contributed by atoms with van der Waals surface area (Å²) in [4.78, 5) is 0.880. The number of ether oxygens (including phenoxy) is 1. The van der Waals surface area contributed by atoms with Crippen LogP contribution < -0.4 is 9.64 Å². The van der Waals surface area contributed by atoms with Gasteiger partial charge in [-0.15, -0.1) is 0 Å². The summed E-state index contributed by atoms with van der Waals surface area (Å²) in [7, 11) is 0. The molecule has 1 aliphatic carbocycles. The average molecular weight is 532 g/mol. The van der Waals surface area contributed by atoms with Crippen LogP contribution in [0.2, 0.25) is 0 Å². The van der Waals surface area contributed by atoms with E-state index in [4.69, 9.17) is 4.74 Å². The molecule has 1 aliphatic rings. The highest BCUT2D eigenvalue weighted by atomic mass is 19.4. The number of alkyl halides is 7. The molecule has 0 fully saturated rings. The quantitative estimate of drug-likeness (QED) is 0.375. The number of benzene rings is 2. The van der Waals surface area contributed by atoms with E-state index in [9.17, 15) is 31.4 Å². The summed E-state index contributed by atoms with van der Waals surface area (Å²) >= 11 is 0. The van der Waals surface area contributed by atoms with Gasteiger partial charge in [-0.1, -0.05) is 57.2 Å². The van der Waals surface area contributed by atoms with Crippen molar-refractivity contribution >= 4 is 5.69 Å². The largest absolute Gasteiger partial charge is 0.457 e. The Hall–Kier alpha value is -3.01. The third kappa shape index (κ3) is 6.85. The molecule has 0 radical (unpaired) electrons. The Bertz CT molecular complexity index is 1130. The molecule has 2 unspecified atom stereocenters. The van der Waals surface area contributed by atoms with E-state index in [1.54, 1.807) is 18.2 Å². The summed E-state index contributed by atoms with van der Waals surface area (Å²) in [6.07, 6.45) is -9.79. The van der Waals surface area contributed by atoms with Crippen LogP contribution in [0.15, 0.2) is 72.8 Å². The Kier molecular flexibility index (Phi) is 8.02. The van der Waals surface area contributed by atoms with E-state index in [-0.39, 0.29) is 16.9 Å². The molecule has 10 heteroatoms. The van der Waals surface area contributed by atoms with Gasteiger partial charge in [0, 0.05) is 24.2 Å². The van der Waals surface area contributed by atoms with Gasteiger partial charge < -0.3 is 14.7 Å². The molecular weight excluding hydrogens is 503 g/mol. The van der Waals surface area contributed by atoms with Gasteiger partial charge in [-0.2, -0.15) is 26.3 Å². The topological polar surface area (TPSA) is 32.7 Å². The standard InChI is InChI=1S/C27H28F7NO2/c1-24(2,3)18-9-6-11-21(14-18)37-22-12-7-10-20(15-22)35(17-23(36)26(29,30)31)16-19-8-4-5-13-25(19,28)27(32,33)34/h4-15,19,23,36H,16-17H2,1-3H3/t19?,23-,25?/m1/s1. The first kappa shape index (κ1) is 28.6. The molecule has 3 rings (SSSR count). The summed E-state index contributed by atoms with van der Waals surface area (Å²) in [5.41, 5.74) is -2.96. The minimum Gasteiger partial charge on any atom is -0.457 e. The van der Waals surface area contributed by atoms with Crippen molar-refractivity contribution in [3.63, 3.8) is 0 Å². The fraction of sp³-hybridized carbons (Fsp3) is 0.407. The van der Waals surface area contributed by atoms with E-state index >= 15 is 4.39 Å². The van der Waals surface area contributed by atoms with Crippen LogP contribution in [0.5, 0.6) is 11.5 Å². The molecule has 3 atom stereocenters. The molecule has 0 aromatic heterocycles. The molecule has 0 bridgehead atoms. The lowest BCUT2D eigenvalue weighted by molar-refractivity contribution is -0.224. The normalized spacial score (nSPS) is 21.1. The summed E-state index contributed by atoms with van der Waals surface area (Å²) in [6, 6.07) is 12.9.